The van der Waals surface area contributed by atoms with E-state index in [4.69, 9.17) is 10.1 Å². The van der Waals surface area contributed by atoms with Gasteiger partial charge in [-0.05, 0) is 42.0 Å². The zero-order valence-corrected chi connectivity index (χ0v) is 18.9. The summed E-state index contributed by atoms with van der Waals surface area (Å²) in [4.78, 5) is 20.4. The van der Waals surface area contributed by atoms with Crippen molar-refractivity contribution in [2.24, 2.45) is 5.10 Å². The quantitative estimate of drug-likeness (QED) is 0.361. The minimum Gasteiger partial charge on any atom is -0.304 e. The van der Waals surface area contributed by atoms with Crippen LogP contribution < -0.4 is 10.5 Å². The smallest absolute Gasteiger partial charge is 0.286 e. The summed E-state index contributed by atoms with van der Waals surface area (Å²) < 4.78 is 4.05. The first-order chi connectivity index (χ1) is 16.2. The zero-order valence-electron chi connectivity index (χ0n) is 17.3. The van der Waals surface area contributed by atoms with Gasteiger partial charge in [0.05, 0.1) is 24.1 Å². The van der Waals surface area contributed by atoms with Crippen LogP contribution in [-0.4, -0.2) is 31.7 Å². The molecule has 33 heavy (non-hydrogen) atoms. The normalized spacial score (nSPS) is 13.1. The van der Waals surface area contributed by atoms with E-state index in [1.54, 1.807) is 10.9 Å². The molecular formula is C25H17BrN6O. The van der Waals surface area contributed by atoms with E-state index in [1.807, 2.05) is 89.8 Å². The van der Waals surface area contributed by atoms with E-state index in [1.165, 1.54) is 4.68 Å². The molecule has 1 aliphatic rings. The lowest BCUT2D eigenvalue weighted by Gasteiger charge is -2.29. The van der Waals surface area contributed by atoms with Crippen LogP contribution in [0.4, 0.5) is 11.6 Å². The molecular weight excluding hydrogens is 480 g/mol. The second-order valence-electron chi connectivity index (χ2n) is 7.63. The highest BCUT2D eigenvalue weighted by atomic mass is 79.9. The molecule has 5 aromatic rings. The Morgan fingerprint density at radius 1 is 0.818 bits per heavy atom. The van der Waals surface area contributed by atoms with Gasteiger partial charge in [0.15, 0.2) is 5.65 Å². The average Bonchev–Trinajstić information content (AvgIpc) is 3.30. The van der Waals surface area contributed by atoms with Crippen LogP contribution in [0.15, 0.2) is 105 Å². The van der Waals surface area contributed by atoms with E-state index in [2.05, 4.69) is 21.0 Å². The number of nitrogens with zero attached hydrogens (tertiary/aromatic N) is 6. The summed E-state index contributed by atoms with van der Waals surface area (Å²) in [6.45, 7) is 0.475. The summed E-state index contributed by atoms with van der Waals surface area (Å²) in [6, 6.07) is 27.5. The fraction of sp³-hybridized carbons (Fsp3) is 0.0400. The Morgan fingerprint density at radius 2 is 1.48 bits per heavy atom. The molecule has 3 heterocycles. The van der Waals surface area contributed by atoms with E-state index in [9.17, 15) is 4.79 Å². The highest BCUT2D eigenvalue weighted by Gasteiger charge is 2.27. The van der Waals surface area contributed by atoms with Crippen LogP contribution in [0.5, 0.6) is 0 Å². The number of halogens is 1. The number of aromatic nitrogens is 4. The van der Waals surface area contributed by atoms with E-state index >= 15 is 0 Å². The molecule has 0 fully saturated rings. The maximum absolute atomic E-state index is 13.6. The number of hydrogen-bond donors (Lipinski definition) is 0. The topological polar surface area (TPSA) is 68.3 Å². The Balaban J connectivity index is 1.61. The summed E-state index contributed by atoms with van der Waals surface area (Å²) in [7, 11) is 0. The summed E-state index contributed by atoms with van der Waals surface area (Å²) in [5, 5.41) is 9.58. The third kappa shape index (κ3) is 3.35. The lowest BCUT2D eigenvalue weighted by Crippen LogP contribution is -2.37. The van der Waals surface area contributed by atoms with Gasteiger partial charge in [-0.25, -0.2) is 4.68 Å². The van der Waals surface area contributed by atoms with Crippen LogP contribution >= 0.6 is 15.9 Å². The van der Waals surface area contributed by atoms with E-state index in [0.717, 1.165) is 27.1 Å². The van der Waals surface area contributed by atoms with Gasteiger partial charge in [0.1, 0.15) is 5.39 Å². The van der Waals surface area contributed by atoms with Crippen LogP contribution in [0.25, 0.3) is 16.7 Å². The van der Waals surface area contributed by atoms with Crippen LogP contribution in [0.2, 0.25) is 0 Å². The molecule has 0 unspecified atom stereocenters. The molecule has 0 amide bonds. The highest BCUT2D eigenvalue weighted by Crippen LogP contribution is 2.28. The van der Waals surface area contributed by atoms with E-state index in [0.29, 0.717) is 23.5 Å². The molecule has 7 nitrogen and oxygen atoms in total. The first kappa shape index (κ1) is 19.6. The fourth-order valence-corrected chi connectivity index (χ4v) is 4.21. The standard InChI is InChI=1S/C25H17BrN6O/c26-18-13-11-17(12-14-18)22-16-30(19-7-3-1-4-8-19)25-28-23-21(24(33)32(25)29-22)15-27-31(23)20-9-5-2-6-10-20/h1-15H,16H2. The summed E-state index contributed by atoms with van der Waals surface area (Å²) in [5.41, 5.74) is 3.72. The van der Waals surface area contributed by atoms with E-state index in [-0.39, 0.29) is 5.56 Å². The Kier molecular flexibility index (Phi) is 4.66. The van der Waals surface area contributed by atoms with Gasteiger partial charge in [-0.15, -0.1) is 0 Å². The second kappa shape index (κ2) is 7.83. The van der Waals surface area contributed by atoms with Crippen molar-refractivity contribution in [2.45, 2.75) is 0 Å². The third-order valence-corrected chi connectivity index (χ3v) is 6.11. The van der Waals surface area contributed by atoms with Crippen molar-refractivity contribution in [3.63, 3.8) is 0 Å². The predicted octanol–water partition coefficient (Wildman–Crippen LogP) is 4.75. The Hall–Kier alpha value is -4.04. The van der Waals surface area contributed by atoms with Crippen molar-refractivity contribution >= 4 is 44.3 Å². The number of hydrogen-bond acceptors (Lipinski definition) is 5. The molecule has 2 aromatic heterocycles. The van der Waals surface area contributed by atoms with Crippen molar-refractivity contribution < 1.29 is 0 Å². The Morgan fingerprint density at radius 3 is 2.18 bits per heavy atom. The van der Waals surface area contributed by atoms with Crippen molar-refractivity contribution in [3.8, 4) is 5.69 Å². The SMILES string of the molecule is O=c1c2cnn(-c3ccccc3)c2nc2n1N=C(c1ccc(Br)cc1)CN2c1ccccc1. The van der Waals surface area contributed by atoms with Gasteiger partial charge in [-0.1, -0.05) is 64.5 Å². The van der Waals surface area contributed by atoms with Gasteiger partial charge in [-0.3, -0.25) is 4.79 Å². The number of para-hydroxylation sites is 2. The monoisotopic (exact) mass is 496 g/mol. The Bertz CT molecular complexity index is 1560. The van der Waals surface area contributed by atoms with Gasteiger partial charge in [0.25, 0.3) is 5.56 Å². The molecule has 1 aliphatic heterocycles. The largest absolute Gasteiger partial charge is 0.304 e. The van der Waals surface area contributed by atoms with Gasteiger partial charge in [-0.2, -0.15) is 19.9 Å². The first-order valence-corrected chi connectivity index (χ1v) is 11.2. The minimum atomic E-state index is -0.257. The van der Waals surface area contributed by atoms with Crippen molar-refractivity contribution in [1.82, 2.24) is 19.4 Å². The van der Waals surface area contributed by atoms with Crippen LogP contribution in [0.1, 0.15) is 5.56 Å². The molecule has 0 radical (unpaired) electrons. The fourth-order valence-electron chi connectivity index (χ4n) is 3.95. The maximum Gasteiger partial charge on any atom is 0.286 e. The molecule has 0 N–H and O–H groups in total. The van der Waals surface area contributed by atoms with Gasteiger partial charge < -0.3 is 4.90 Å². The lowest BCUT2D eigenvalue weighted by molar-refractivity contribution is 0.758. The molecule has 0 bridgehead atoms. The number of rotatable bonds is 3. The van der Waals surface area contributed by atoms with Crippen LogP contribution in [0.3, 0.4) is 0 Å². The maximum atomic E-state index is 13.6. The van der Waals surface area contributed by atoms with Crippen molar-refractivity contribution in [3.05, 3.63) is 112 Å². The van der Waals surface area contributed by atoms with Crippen LogP contribution in [0, 0.1) is 0 Å². The van der Waals surface area contributed by atoms with Gasteiger partial charge in [0.2, 0.25) is 5.95 Å². The molecule has 0 saturated carbocycles. The second-order valence-corrected chi connectivity index (χ2v) is 8.55. The molecule has 0 aliphatic carbocycles. The predicted molar refractivity (Wildman–Crippen MR) is 133 cm³/mol. The van der Waals surface area contributed by atoms with Gasteiger partial charge in [0, 0.05) is 10.2 Å². The summed E-state index contributed by atoms with van der Waals surface area (Å²) in [6.07, 6.45) is 1.56. The zero-order chi connectivity index (χ0) is 22.4. The average molecular weight is 497 g/mol. The Labute approximate surface area is 197 Å². The molecule has 0 saturated heterocycles. The lowest BCUT2D eigenvalue weighted by atomic mass is 10.1. The molecule has 6 rings (SSSR count). The van der Waals surface area contributed by atoms with Crippen molar-refractivity contribution in [2.75, 3.05) is 11.4 Å². The minimum absolute atomic E-state index is 0.257. The van der Waals surface area contributed by atoms with Crippen LogP contribution in [-0.2, 0) is 0 Å². The number of benzene rings is 3. The first-order valence-electron chi connectivity index (χ1n) is 10.4. The highest BCUT2D eigenvalue weighted by molar-refractivity contribution is 9.10. The number of fused-ring (bicyclic) bond motifs is 2. The molecule has 3 aromatic carbocycles. The summed E-state index contributed by atoms with van der Waals surface area (Å²) >= 11 is 3.48. The summed E-state index contributed by atoms with van der Waals surface area (Å²) in [5.74, 6) is 0.456. The number of anilines is 2. The van der Waals surface area contributed by atoms with Gasteiger partial charge >= 0.3 is 0 Å². The third-order valence-electron chi connectivity index (χ3n) is 5.58. The van der Waals surface area contributed by atoms with Crippen molar-refractivity contribution in [1.29, 1.82) is 0 Å². The molecule has 8 heteroatoms. The molecule has 0 spiro atoms. The molecule has 0 atom stereocenters. The van der Waals surface area contributed by atoms with E-state index < -0.39 is 0 Å². The molecule has 160 valence electrons.